The molecule has 0 heterocycles. The molecular formula is C16H17N3O2. The lowest BCUT2D eigenvalue weighted by Crippen LogP contribution is -2.27. The first kappa shape index (κ1) is 14.7. The van der Waals surface area contributed by atoms with Gasteiger partial charge in [0.25, 0.3) is 5.91 Å². The maximum atomic E-state index is 12.1. The predicted octanol–water partition coefficient (Wildman–Crippen LogP) is 1.68. The Hall–Kier alpha value is -2.66. The van der Waals surface area contributed by atoms with E-state index in [0.717, 1.165) is 5.56 Å². The van der Waals surface area contributed by atoms with Crippen molar-refractivity contribution in [2.45, 2.75) is 6.04 Å². The van der Waals surface area contributed by atoms with Crippen LogP contribution in [0.5, 0.6) is 0 Å². The maximum absolute atomic E-state index is 12.1. The molecule has 2 aromatic rings. The molecule has 0 aliphatic carbocycles. The van der Waals surface area contributed by atoms with Crippen LogP contribution in [0.15, 0.2) is 54.6 Å². The monoisotopic (exact) mass is 283 g/mol. The first-order chi connectivity index (χ1) is 10.1. The molecule has 21 heavy (non-hydrogen) atoms. The number of hydrogen-bond donors (Lipinski definition) is 3. The van der Waals surface area contributed by atoms with Gasteiger partial charge in [-0.1, -0.05) is 36.4 Å². The summed E-state index contributed by atoms with van der Waals surface area (Å²) in [6, 6.07) is 15.0. The Labute approximate surface area is 123 Å². The average Bonchev–Trinajstić information content (AvgIpc) is 2.54. The van der Waals surface area contributed by atoms with E-state index >= 15 is 0 Å². The largest absolute Gasteiger partial charge is 0.355 e. The number of carbonyl (C=O) groups is 2. The van der Waals surface area contributed by atoms with Crippen LogP contribution in [0, 0.1) is 0 Å². The van der Waals surface area contributed by atoms with Crippen molar-refractivity contribution in [3.8, 4) is 0 Å². The molecule has 0 spiro atoms. The van der Waals surface area contributed by atoms with Crippen LogP contribution in [0.25, 0.3) is 0 Å². The fourth-order valence-corrected chi connectivity index (χ4v) is 1.91. The zero-order valence-corrected chi connectivity index (χ0v) is 11.7. The van der Waals surface area contributed by atoms with Crippen LogP contribution >= 0.6 is 0 Å². The van der Waals surface area contributed by atoms with Gasteiger partial charge in [-0.15, -0.1) is 0 Å². The van der Waals surface area contributed by atoms with Gasteiger partial charge in [-0.2, -0.15) is 0 Å². The van der Waals surface area contributed by atoms with Gasteiger partial charge in [-0.25, -0.2) is 0 Å². The van der Waals surface area contributed by atoms with Gasteiger partial charge in [0.2, 0.25) is 5.91 Å². The number of nitrogens with two attached hydrogens (primary N) is 1. The summed E-state index contributed by atoms with van der Waals surface area (Å²) in [6.45, 7) is 0. The topological polar surface area (TPSA) is 84.2 Å². The van der Waals surface area contributed by atoms with Crippen molar-refractivity contribution in [3.05, 3.63) is 65.7 Å². The Morgan fingerprint density at radius 3 is 2.43 bits per heavy atom. The first-order valence-electron chi connectivity index (χ1n) is 6.55. The van der Waals surface area contributed by atoms with Gasteiger partial charge in [-0.3, -0.25) is 9.59 Å². The molecule has 0 radical (unpaired) electrons. The third-order valence-electron chi connectivity index (χ3n) is 3.06. The summed E-state index contributed by atoms with van der Waals surface area (Å²) in [6.07, 6.45) is 0. The molecule has 0 unspecified atom stereocenters. The van der Waals surface area contributed by atoms with E-state index in [1.54, 1.807) is 43.4 Å². The van der Waals surface area contributed by atoms with Crippen molar-refractivity contribution >= 4 is 17.5 Å². The second-order valence-electron chi connectivity index (χ2n) is 4.54. The third-order valence-corrected chi connectivity index (χ3v) is 3.06. The van der Waals surface area contributed by atoms with E-state index < -0.39 is 6.04 Å². The molecular weight excluding hydrogens is 266 g/mol. The van der Waals surface area contributed by atoms with E-state index in [1.165, 1.54) is 0 Å². The minimum Gasteiger partial charge on any atom is -0.355 e. The van der Waals surface area contributed by atoms with Crippen LogP contribution < -0.4 is 16.4 Å². The Morgan fingerprint density at radius 2 is 1.76 bits per heavy atom. The number of carbonyl (C=O) groups excluding carboxylic acids is 2. The highest BCUT2D eigenvalue weighted by Gasteiger charge is 2.15. The van der Waals surface area contributed by atoms with Crippen molar-refractivity contribution < 1.29 is 9.59 Å². The second-order valence-corrected chi connectivity index (χ2v) is 4.54. The smallest absolute Gasteiger partial charge is 0.251 e. The lowest BCUT2D eigenvalue weighted by Gasteiger charge is -2.13. The van der Waals surface area contributed by atoms with Gasteiger partial charge in [0.1, 0.15) is 6.04 Å². The Kier molecular flexibility index (Phi) is 4.68. The first-order valence-corrected chi connectivity index (χ1v) is 6.55. The Morgan fingerprint density at radius 1 is 1.05 bits per heavy atom. The van der Waals surface area contributed by atoms with Crippen molar-refractivity contribution in [1.82, 2.24) is 5.32 Å². The second kappa shape index (κ2) is 6.67. The number of benzene rings is 2. The Balaban J connectivity index is 2.11. The minimum absolute atomic E-state index is 0.210. The third kappa shape index (κ3) is 3.67. The van der Waals surface area contributed by atoms with E-state index in [-0.39, 0.29) is 11.8 Å². The molecule has 1 atom stereocenters. The zero-order valence-electron chi connectivity index (χ0n) is 11.7. The van der Waals surface area contributed by atoms with Crippen LogP contribution in [0.4, 0.5) is 5.69 Å². The highest BCUT2D eigenvalue weighted by Crippen LogP contribution is 2.15. The summed E-state index contributed by atoms with van der Waals surface area (Å²) in [5.41, 5.74) is 7.66. The highest BCUT2D eigenvalue weighted by molar-refractivity contribution is 5.98. The normalized spacial score (nSPS) is 11.5. The summed E-state index contributed by atoms with van der Waals surface area (Å²) in [4.78, 5) is 23.7. The van der Waals surface area contributed by atoms with E-state index in [2.05, 4.69) is 10.6 Å². The van der Waals surface area contributed by atoms with E-state index in [1.807, 2.05) is 18.2 Å². The van der Waals surface area contributed by atoms with Crippen molar-refractivity contribution in [1.29, 1.82) is 0 Å². The number of anilines is 1. The molecule has 4 N–H and O–H groups in total. The fraction of sp³-hybridized carbons (Fsp3) is 0.125. The summed E-state index contributed by atoms with van der Waals surface area (Å²) in [5, 5.41) is 5.25. The number of hydrogen-bond acceptors (Lipinski definition) is 3. The molecule has 0 aromatic heterocycles. The van der Waals surface area contributed by atoms with Crippen LogP contribution in [-0.4, -0.2) is 18.9 Å². The maximum Gasteiger partial charge on any atom is 0.251 e. The molecule has 0 saturated carbocycles. The van der Waals surface area contributed by atoms with Gasteiger partial charge in [0, 0.05) is 18.3 Å². The minimum atomic E-state index is -0.755. The predicted molar refractivity (Wildman–Crippen MR) is 81.8 cm³/mol. The molecule has 0 saturated heterocycles. The molecule has 2 rings (SSSR count). The van der Waals surface area contributed by atoms with Crippen molar-refractivity contribution in [3.63, 3.8) is 0 Å². The standard InChI is InChI=1S/C16H17N3O2/c1-18-15(20)12-8-5-9-13(10-12)19-16(21)14(17)11-6-3-2-4-7-11/h2-10,14H,17H2,1H3,(H,18,20)(H,19,21)/t14-/m0/s1. The molecule has 0 aliphatic heterocycles. The molecule has 5 heteroatoms. The molecule has 0 fully saturated rings. The summed E-state index contributed by atoms with van der Waals surface area (Å²) in [7, 11) is 1.55. The Bertz CT molecular complexity index is 641. The quantitative estimate of drug-likeness (QED) is 0.798. The SMILES string of the molecule is CNC(=O)c1cccc(NC(=O)[C@@H](N)c2ccccc2)c1. The van der Waals surface area contributed by atoms with Gasteiger partial charge in [0.05, 0.1) is 0 Å². The van der Waals surface area contributed by atoms with Crippen LogP contribution in [0.1, 0.15) is 22.0 Å². The zero-order chi connectivity index (χ0) is 15.2. The van der Waals surface area contributed by atoms with Gasteiger partial charge >= 0.3 is 0 Å². The molecule has 0 bridgehead atoms. The van der Waals surface area contributed by atoms with E-state index in [9.17, 15) is 9.59 Å². The molecule has 5 nitrogen and oxygen atoms in total. The van der Waals surface area contributed by atoms with Crippen LogP contribution in [-0.2, 0) is 4.79 Å². The lowest BCUT2D eigenvalue weighted by molar-refractivity contribution is -0.117. The molecule has 108 valence electrons. The number of amides is 2. The summed E-state index contributed by atoms with van der Waals surface area (Å²) >= 11 is 0. The molecule has 2 amide bonds. The number of rotatable bonds is 4. The van der Waals surface area contributed by atoms with Gasteiger partial charge < -0.3 is 16.4 Å². The van der Waals surface area contributed by atoms with E-state index in [0.29, 0.717) is 11.3 Å². The average molecular weight is 283 g/mol. The molecule has 0 aliphatic rings. The highest BCUT2D eigenvalue weighted by atomic mass is 16.2. The van der Waals surface area contributed by atoms with Crippen LogP contribution in [0.2, 0.25) is 0 Å². The molecule has 2 aromatic carbocycles. The summed E-state index contributed by atoms with van der Waals surface area (Å²) in [5.74, 6) is -0.534. The fourth-order valence-electron chi connectivity index (χ4n) is 1.91. The van der Waals surface area contributed by atoms with Crippen molar-refractivity contribution in [2.24, 2.45) is 5.73 Å². The van der Waals surface area contributed by atoms with E-state index in [4.69, 9.17) is 5.73 Å². The van der Waals surface area contributed by atoms with Gasteiger partial charge in [0.15, 0.2) is 0 Å². The number of nitrogens with one attached hydrogen (secondary N) is 2. The summed E-state index contributed by atoms with van der Waals surface area (Å²) < 4.78 is 0. The van der Waals surface area contributed by atoms with Crippen LogP contribution in [0.3, 0.4) is 0 Å². The van der Waals surface area contributed by atoms with Crippen molar-refractivity contribution in [2.75, 3.05) is 12.4 Å². The lowest BCUT2D eigenvalue weighted by atomic mass is 10.1. The van der Waals surface area contributed by atoms with Gasteiger partial charge in [-0.05, 0) is 23.8 Å².